The molecule has 166 valence electrons. The maximum Gasteiger partial charge on any atom is 0.430 e. The van der Waals surface area contributed by atoms with Crippen molar-refractivity contribution in [1.82, 2.24) is 14.9 Å². The molecule has 1 N–H and O–H groups in total. The van der Waals surface area contributed by atoms with Crippen molar-refractivity contribution in [2.24, 2.45) is 5.92 Å². The summed E-state index contributed by atoms with van der Waals surface area (Å²) in [6, 6.07) is 15.0. The van der Waals surface area contributed by atoms with Gasteiger partial charge >= 0.3 is 6.09 Å². The highest BCUT2D eigenvalue weighted by atomic mass is 16.7. The van der Waals surface area contributed by atoms with E-state index >= 15 is 0 Å². The molecule has 3 heterocycles. The van der Waals surface area contributed by atoms with Gasteiger partial charge in [-0.1, -0.05) is 30.3 Å². The molecule has 0 aliphatic carbocycles. The lowest BCUT2D eigenvalue weighted by Gasteiger charge is -2.30. The molecular formula is C24H33N5O2. The molecule has 4 rings (SSSR count). The van der Waals surface area contributed by atoms with Crippen LogP contribution in [-0.4, -0.2) is 67.4 Å². The van der Waals surface area contributed by atoms with E-state index in [0.717, 1.165) is 57.7 Å². The van der Waals surface area contributed by atoms with Crippen molar-refractivity contribution < 1.29 is 9.63 Å². The van der Waals surface area contributed by atoms with Gasteiger partial charge in [-0.25, -0.2) is 9.78 Å². The number of hydroxylamine groups is 2. The molecule has 1 atom stereocenters. The number of pyridine rings is 1. The molecule has 0 bridgehead atoms. The highest BCUT2D eigenvalue weighted by Crippen LogP contribution is 2.23. The topological polar surface area (TPSA) is 60.9 Å². The van der Waals surface area contributed by atoms with Gasteiger partial charge in [-0.3, -0.25) is 5.32 Å². The smallest absolute Gasteiger partial charge is 0.355 e. The second kappa shape index (κ2) is 10.1. The maximum absolute atomic E-state index is 12.3. The van der Waals surface area contributed by atoms with Gasteiger partial charge in [0.05, 0.1) is 11.9 Å². The zero-order valence-corrected chi connectivity index (χ0v) is 18.5. The van der Waals surface area contributed by atoms with Gasteiger partial charge in [0, 0.05) is 32.2 Å². The second-order valence-electron chi connectivity index (χ2n) is 8.82. The van der Waals surface area contributed by atoms with Gasteiger partial charge in [-0.2, -0.15) is 0 Å². The fourth-order valence-corrected chi connectivity index (χ4v) is 4.43. The number of aromatic nitrogens is 1. The van der Waals surface area contributed by atoms with Crippen LogP contribution in [0.4, 0.5) is 16.3 Å². The third-order valence-corrected chi connectivity index (χ3v) is 6.36. The molecule has 31 heavy (non-hydrogen) atoms. The van der Waals surface area contributed by atoms with Gasteiger partial charge in [-0.05, 0) is 63.4 Å². The molecule has 7 nitrogen and oxygen atoms in total. The fourth-order valence-electron chi connectivity index (χ4n) is 4.43. The Kier molecular flexibility index (Phi) is 7.04. The van der Waals surface area contributed by atoms with Gasteiger partial charge in [0.25, 0.3) is 0 Å². The second-order valence-corrected chi connectivity index (χ2v) is 8.82. The molecule has 0 radical (unpaired) electrons. The van der Waals surface area contributed by atoms with Crippen LogP contribution in [-0.2, 0) is 11.3 Å². The molecule has 0 spiro atoms. The monoisotopic (exact) mass is 423 g/mol. The Morgan fingerprint density at radius 3 is 2.52 bits per heavy atom. The number of carbonyl (C=O) groups is 1. The molecule has 1 aromatic carbocycles. The SMILES string of the molecule is CN(C)[C@@H]1CCN(c2ccc(NC(=O)ON3CCC(Cc4ccccc4)CC3)cn2)C1. The zero-order valence-electron chi connectivity index (χ0n) is 18.5. The van der Waals surface area contributed by atoms with Crippen LogP contribution >= 0.6 is 0 Å². The minimum Gasteiger partial charge on any atom is -0.355 e. The highest BCUT2D eigenvalue weighted by Gasteiger charge is 2.25. The Hall–Kier alpha value is -2.64. The van der Waals surface area contributed by atoms with E-state index in [2.05, 4.69) is 64.5 Å². The quantitative estimate of drug-likeness (QED) is 0.766. The Balaban J connectivity index is 1.20. The summed E-state index contributed by atoms with van der Waals surface area (Å²) < 4.78 is 0. The van der Waals surface area contributed by atoms with Gasteiger partial charge in [-0.15, -0.1) is 5.06 Å². The molecule has 2 aromatic rings. The molecule has 0 saturated carbocycles. The fraction of sp³-hybridized carbons (Fsp3) is 0.500. The first-order chi connectivity index (χ1) is 15.1. The number of anilines is 2. The van der Waals surface area contributed by atoms with Gasteiger partial charge in [0.1, 0.15) is 5.82 Å². The van der Waals surface area contributed by atoms with Crippen molar-refractivity contribution in [2.45, 2.75) is 31.7 Å². The Labute approximate surface area is 184 Å². The Morgan fingerprint density at radius 1 is 1.10 bits per heavy atom. The molecule has 7 heteroatoms. The van der Waals surface area contributed by atoms with Crippen molar-refractivity contribution in [1.29, 1.82) is 0 Å². The van der Waals surface area contributed by atoms with E-state index in [1.165, 1.54) is 5.56 Å². The lowest BCUT2D eigenvalue weighted by Crippen LogP contribution is -2.37. The van der Waals surface area contributed by atoms with E-state index in [1.807, 2.05) is 12.1 Å². The predicted octanol–water partition coefficient (Wildman–Crippen LogP) is 3.64. The van der Waals surface area contributed by atoms with Gasteiger partial charge < -0.3 is 14.6 Å². The van der Waals surface area contributed by atoms with Crippen molar-refractivity contribution >= 4 is 17.6 Å². The van der Waals surface area contributed by atoms with E-state index in [1.54, 1.807) is 11.3 Å². The first kappa shape index (κ1) is 21.6. The molecular weight excluding hydrogens is 390 g/mol. The van der Waals surface area contributed by atoms with E-state index < -0.39 is 6.09 Å². The summed E-state index contributed by atoms with van der Waals surface area (Å²) in [5, 5.41) is 4.56. The van der Waals surface area contributed by atoms with Crippen LogP contribution in [0.25, 0.3) is 0 Å². The average Bonchev–Trinajstić information content (AvgIpc) is 3.27. The number of hydrogen-bond donors (Lipinski definition) is 1. The molecule has 1 amide bonds. The van der Waals surface area contributed by atoms with Crippen molar-refractivity contribution in [3.05, 3.63) is 54.2 Å². The summed E-state index contributed by atoms with van der Waals surface area (Å²) in [4.78, 5) is 26.9. The van der Waals surface area contributed by atoms with E-state index in [-0.39, 0.29) is 0 Å². The number of nitrogens with zero attached hydrogens (tertiary/aromatic N) is 4. The Morgan fingerprint density at radius 2 is 1.87 bits per heavy atom. The minimum atomic E-state index is -0.454. The number of piperidine rings is 1. The molecule has 2 saturated heterocycles. The van der Waals surface area contributed by atoms with Crippen molar-refractivity contribution in [3.63, 3.8) is 0 Å². The van der Waals surface area contributed by atoms with Crippen LogP contribution in [0.15, 0.2) is 48.7 Å². The van der Waals surface area contributed by atoms with E-state index in [9.17, 15) is 4.79 Å². The summed E-state index contributed by atoms with van der Waals surface area (Å²) in [5.41, 5.74) is 2.03. The molecule has 2 aliphatic heterocycles. The summed E-state index contributed by atoms with van der Waals surface area (Å²) in [6.07, 6.45) is 5.54. The zero-order chi connectivity index (χ0) is 21.6. The van der Waals surface area contributed by atoms with Crippen molar-refractivity contribution in [3.8, 4) is 0 Å². The largest absolute Gasteiger partial charge is 0.430 e. The first-order valence-corrected chi connectivity index (χ1v) is 11.2. The number of amides is 1. The number of benzene rings is 1. The molecule has 0 unspecified atom stereocenters. The molecule has 1 aromatic heterocycles. The lowest BCUT2D eigenvalue weighted by molar-refractivity contribution is -0.113. The lowest BCUT2D eigenvalue weighted by atomic mass is 9.91. The van der Waals surface area contributed by atoms with Crippen LogP contribution in [0.5, 0.6) is 0 Å². The standard InChI is InChI=1S/C24H33N5O2/c1-27(2)22-12-13-28(18-22)23-9-8-21(17-25-23)26-24(30)31-29-14-10-20(11-15-29)16-19-6-4-3-5-7-19/h3-9,17,20,22H,10-16,18H2,1-2H3,(H,26,30)/t22-/m1/s1. The third kappa shape index (κ3) is 5.95. The van der Waals surface area contributed by atoms with Crippen LogP contribution in [0, 0.1) is 5.92 Å². The number of hydrogen-bond acceptors (Lipinski definition) is 6. The molecule has 2 fully saturated rings. The number of nitrogens with one attached hydrogen (secondary N) is 1. The van der Waals surface area contributed by atoms with Gasteiger partial charge in [0.15, 0.2) is 0 Å². The summed E-state index contributed by atoms with van der Waals surface area (Å²) >= 11 is 0. The summed E-state index contributed by atoms with van der Waals surface area (Å²) in [6.45, 7) is 3.52. The summed E-state index contributed by atoms with van der Waals surface area (Å²) in [7, 11) is 4.23. The number of rotatable bonds is 6. The van der Waals surface area contributed by atoms with Crippen LogP contribution in [0.3, 0.4) is 0 Å². The van der Waals surface area contributed by atoms with Gasteiger partial charge in [0.2, 0.25) is 0 Å². The van der Waals surface area contributed by atoms with Crippen LogP contribution in [0.2, 0.25) is 0 Å². The van der Waals surface area contributed by atoms with Crippen molar-refractivity contribution in [2.75, 3.05) is 50.5 Å². The van der Waals surface area contributed by atoms with Crippen LogP contribution < -0.4 is 10.2 Å². The summed E-state index contributed by atoms with van der Waals surface area (Å²) in [5.74, 6) is 1.59. The number of carbonyl (C=O) groups excluding carboxylic acids is 1. The number of likely N-dealkylation sites (N-methyl/N-ethyl adjacent to an activating group) is 1. The van der Waals surface area contributed by atoms with Crippen LogP contribution in [0.1, 0.15) is 24.8 Å². The van der Waals surface area contributed by atoms with E-state index in [4.69, 9.17) is 4.84 Å². The average molecular weight is 424 g/mol. The maximum atomic E-state index is 12.3. The Bertz CT molecular complexity index is 835. The minimum absolute atomic E-state index is 0.454. The first-order valence-electron chi connectivity index (χ1n) is 11.2. The third-order valence-electron chi connectivity index (χ3n) is 6.36. The predicted molar refractivity (Wildman–Crippen MR) is 123 cm³/mol. The normalized spacial score (nSPS) is 20.2. The van der Waals surface area contributed by atoms with E-state index in [0.29, 0.717) is 17.6 Å². The molecule has 2 aliphatic rings. The highest BCUT2D eigenvalue weighted by molar-refractivity contribution is 5.84.